The summed E-state index contributed by atoms with van der Waals surface area (Å²) >= 11 is 3.47. The molecule has 4 heteroatoms. The van der Waals surface area contributed by atoms with Crippen molar-refractivity contribution in [2.75, 3.05) is 5.32 Å². The van der Waals surface area contributed by atoms with E-state index in [1.54, 1.807) is 0 Å². The van der Waals surface area contributed by atoms with E-state index in [2.05, 4.69) is 62.6 Å². The first-order valence-corrected chi connectivity index (χ1v) is 6.66. The summed E-state index contributed by atoms with van der Waals surface area (Å²) in [5.74, 6) is 0. The normalized spacial score (nSPS) is 10.2. The summed E-state index contributed by atoms with van der Waals surface area (Å²) in [5, 5.41) is 4.67. The fourth-order valence-corrected chi connectivity index (χ4v) is 2.41. The maximum atomic E-state index is 3.47. The third-order valence-corrected chi connectivity index (χ3v) is 3.43. The van der Waals surface area contributed by atoms with Gasteiger partial charge in [0.2, 0.25) is 0 Å². The molecule has 0 radical (unpaired) electrons. The topological polar surface area (TPSA) is 27.8 Å². The van der Waals surface area contributed by atoms with Crippen LogP contribution in [0.25, 0.3) is 10.9 Å². The largest absolute Gasteiger partial charge is 0.381 e. The zero-order valence-corrected chi connectivity index (χ0v) is 12.6. The highest BCUT2D eigenvalue weighted by atomic mass is 79.9. The number of H-pyrrole nitrogens is 1. The van der Waals surface area contributed by atoms with Gasteiger partial charge in [-0.15, -0.1) is 12.4 Å². The molecular weight excluding hydrogens is 324 g/mol. The SMILES string of the molecule is Brc1cccc(NCc2ccc3[nH]ccc3c2)c1.Cl. The fraction of sp³-hybridized carbons (Fsp3) is 0.0667. The average molecular weight is 338 g/mol. The van der Waals surface area contributed by atoms with Crippen molar-refractivity contribution in [3.05, 3.63) is 64.8 Å². The highest BCUT2D eigenvalue weighted by molar-refractivity contribution is 9.10. The zero-order chi connectivity index (χ0) is 12.4. The summed E-state index contributed by atoms with van der Waals surface area (Å²) < 4.78 is 1.09. The van der Waals surface area contributed by atoms with Gasteiger partial charge in [0.15, 0.2) is 0 Å². The Bertz CT molecular complexity index is 678. The maximum Gasteiger partial charge on any atom is 0.0454 e. The van der Waals surface area contributed by atoms with E-state index in [1.165, 1.54) is 16.5 Å². The number of aromatic nitrogens is 1. The lowest BCUT2D eigenvalue weighted by Gasteiger charge is -2.07. The molecule has 2 nitrogen and oxygen atoms in total. The molecular formula is C15H14BrClN2. The second-order valence-electron chi connectivity index (χ2n) is 4.26. The molecule has 0 aliphatic heterocycles. The van der Waals surface area contributed by atoms with Gasteiger partial charge < -0.3 is 10.3 Å². The molecule has 0 bridgehead atoms. The van der Waals surface area contributed by atoms with Crippen LogP contribution < -0.4 is 5.32 Å². The highest BCUT2D eigenvalue weighted by Gasteiger charge is 1.98. The van der Waals surface area contributed by atoms with Gasteiger partial charge in [-0.1, -0.05) is 28.1 Å². The van der Waals surface area contributed by atoms with Crippen molar-refractivity contribution in [3.8, 4) is 0 Å². The smallest absolute Gasteiger partial charge is 0.0454 e. The van der Waals surface area contributed by atoms with Gasteiger partial charge in [0.05, 0.1) is 0 Å². The van der Waals surface area contributed by atoms with E-state index in [4.69, 9.17) is 0 Å². The van der Waals surface area contributed by atoms with Gasteiger partial charge in [-0.3, -0.25) is 0 Å². The first-order valence-electron chi connectivity index (χ1n) is 5.87. The summed E-state index contributed by atoms with van der Waals surface area (Å²) in [4.78, 5) is 3.20. The molecule has 98 valence electrons. The Morgan fingerprint density at radius 1 is 1.05 bits per heavy atom. The maximum absolute atomic E-state index is 3.47. The number of halogens is 2. The van der Waals surface area contributed by atoms with E-state index in [9.17, 15) is 0 Å². The second kappa shape index (κ2) is 6.13. The molecule has 0 saturated carbocycles. The molecule has 3 rings (SSSR count). The Morgan fingerprint density at radius 3 is 2.79 bits per heavy atom. The predicted octanol–water partition coefficient (Wildman–Crippen LogP) is 4.96. The predicted molar refractivity (Wildman–Crippen MR) is 87.0 cm³/mol. The second-order valence-corrected chi connectivity index (χ2v) is 5.18. The molecule has 0 fully saturated rings. The number of rotatable bonds is 3. The Kier molecular flexibility index (Phi) is 4.51. The number of nitrogens with one attached hydrogen (secondary N) is 2. The molecule has 2 N–H and O–H groups in total. The van der Waals surface area contributed by atoms with Crippen molar-refractivity contribution in [1.29, 1.82) is 0 Å². The number of hydrogen-bond donors (Lipinski definition) is 2. The van der Waals surface area contributed by atoms with E-state index in [0.29, 0.717) is 0 Å². The Morgan fingerprint density at radius 2 is 1.95 bits per heavy atom. The molecule has 19 heavy (non-hydrogen) atoms. The summed E-state index contributed by atoms with van der Waals surface area (Å²) in [5.41, 5.74) is 3.59. The summed E-state index contributed by atoms with van der Waals surface area (Å²) in [7, 11) is 0. The quantitative estimate of drug-likeness (QED) is 0.694. The number of fused-ring (bicyclic) bond motifs is 1. The molecule has 0 saturated heterocycles. The lowest BCUT2D eigenvalue weighted by molar-refractivity contribution is 1.15. The number of aromatic amines is 1. The van der Waals surface area contributed by atoms with Crippen LogP contribution in [0.4, 0.5) is 5.69 Å². The monoisotopic (exact) mass is 336 g/mol. The number of anilines is 1. The molecule has 2 aromatic carbocycles. The summed E-state index contributed by atoms with van der Waals surface area (Å²) in [6.07, 6.45) is 1.97. The first kappa shape index (κ1) is 14.0. The van der Waals surface area contributed by atoms with E-state index in [1.807, 2.05) is 18.3 Å². The standard InChI is InChI=1S/C15H13BrN2.ClH/c16-13-2-1-3-14(9-13)18-10-11-4-5-15-12(8-11)6-7-17-15;/h1-9,17-18H,10H2;1H. The first-order chi connectivity index (χ1) is 8.81. The minimum Gasteiger partial charge on any atom is -0.381 e. The van der Waals surface area contributed by atoms with E-state index >= 15 is 0 Å². The van der Waals surface area contributed by atoms with Gasteiger partial charge in [-0.25, -0.2) is 0 Å². The third-order valence-electron chi connectivity index (χ3n) is 2.94. The zero-order valence-electron chi connectivity index (χ0n) is 10.2. The number of hydrogen-bond acceptors (Lipinski definition) is 1. The van der Waals surface area contributed by atoms with Gasteiger partial charge in [0.25, 0.3) is 0 Å². The van der Waals surface area contributed by atoms with Gasteiger partial charge in [-0.05, 0) is 47.3 Å². The van der Waals surface area contributed by atoms with Crippen LogP contribution in [-0.4, -0.2) is 4.98 Å². The molecule has 0 spiro atoms. The number of benzene rings is 2. The Labute approximate surface area is 126 Å². The Balaban J connectivity index is 0.00000133. The van der Waals surface area contributed by atoms with Crippen LogP contribution in [0.5, 0.6) is 0 Å². The molecule has 0 aliphatic rings. The van der Waals surface area contributed by atoms with Crippen LogP contribution in [0.3, 0.4) is 0 Å². The van der Waals surface area contributed by atoms with Crippen LogP contribution in [0.1, 0.15) is 5.56 Å². The van der Waals surface area contributed by atoms with Gasteiger partial charge in [0.1, 0.15) is 0 Å². The lowest BCUT2D eigenvalue weighted by atomic mass is 10.1. The molecule has 0 aliphatic carbocycles. The van der Waals surface area contributed by atoms with Gasteiger partial charge in [-0.2, -0.15) is 0 Å². The average Bonchev–Trinajstić information content (AvgIpc) is 2.84. The van der Waals surface area contributed by atoms with Crippen molar-refractivity contribution in [2.45, 2.75) is 6.54 Å². The van der Waals surface area contributed by atoms with E-state index in [0.717, 1.165) is 16.7 Å². The summed E-state index contributed by atoms with van der Waals surface area (Å²) in [6.45, 7) is 0.831. The van der Waals surface area contributed by atoms with Crippen molar-refractivity contribution in [2.24, 2.45) is 0 Å². The van der Waals surface area contributed by atoms with E-state index in [-0.39, 0.29) is 12.4 Å². The minimum atomic E-state index is 0. The van der Waals surface area contributed by atoms with Crippen LogP contribution in [0.2, 0.25) is 0 Å². The van der Waals surface area contributed by atoms with Gasteiger partial charge in [0, 0.05) is 28.4 Å². The summed E-state index contributed by atoms with van der Waals surface area (Å²) in [6, 6.07) is 16.8. The van der Waals surface area contributed by atoms with Crippen molar-refractivity contribution >= 4 is 44.9 Å². The molecule has 0 atom stereocenters. The molecule has 1 aromatic heterocycles. The third kappa shape index (κ3) is 3.31. The highest BCUT2D eigenvalue weighted by Crippen LogP contribution is 2.18. The fourth-order valence-electron chi connectivity index (χ4n) is 2.02. The van der Waals surface area contributed by atoms with Crippen LogP contribution in [0.15, 0.2) is 59.2 Å². The molecule has 1 heterocycles. The molecule has 0 amide bonds. The minimum absolute atomic E-state index is 0. The Hall–Kier alpha value is -1.45. The van der Waals surface area contributed by atoms with Gasteiger partial charge >= 0.3 is 0 Å². The van der Waals surface area contributed by atoms with Crippen molar-refractivity contribution < 1.29 is 0 Å². The van der Waals surface area contributed by atoms with E-state index < -0.39 is 0 Å². The molecule has 3 aromatic rings. The molecule has 0 unspecified atom stereocenters. The van der Waals surface area contributed by atoms with Crippen molar-refractivity contribution in [1.82, 2.24) is 4.98 Å². The van der Waals surface area contributed by atoms with Crippen molar-refractivity contribution in [3.63, 3.8) is 0 Å². The van der Waals surface area contributed by atoms with Crippen LogP contribution in [-0.2, 0) is 6.54 Å². The lowest BCUT2D eigenvalue weighted by Crippen LogP contribution is -1.98. The van der Waals surface area contributed by atoms with Crippen LogP contribution in [0, 0.1) is 0 Å². The van der Waals surface area contributed by atoms with Crippen LogP contribution >= 0.6 is 28.3 Å².